The van der Waals surface area contributed by atoms with Gasteiger partial charge in [0.2, 0.25) is 5.78 Å². The van der Waals surface area contributed by atoms with Crippen molar-refractivity contribution >= 4 is 11.7 Å². The van der Waals surface area contributed by atoms with Crippen LogP contribution in [0.1, 0.15) is 54.4 Å². The fourth-order valence-corrected chi connectivity index (χ4v) is 6.04. The van der Waals surface area contributed by atoms with Crippen molar-refractivity contribution in [1.29, 1.82) is 0 Å². The van der Waals surface area contributed by atoms with E-state index in [2.05, 4.69) is 14.1 Å². The van der Waals surface area contributed by atoms with Gasteiger partial charge in [0.25, 0.3) is 5.91 Å². The number of Topliss-reactive ketones (excluding diaryl/α,β-unsaturated/α-hetero) is 1. The number of rotatable bonds is 8. The minimum atomic E-state index is -1.46. The first kappa shape index (κ1) is 25.4. The van der Waals surface area contributed by atoms with Crippen LogP contribution in [-0.4, -0.2) is 73.1 Å². The summed E-state index contributed by atoms with van der Waals surface area (Å²) < 4.78 is 5.94. The number of para-hydroxylation sites is 1. The topological polar surface area (TPSA) is 66.8 Å². The number of carbonyl (C=O) groups is 2. The normalized spacial score (nSPS) is 19.4. The Bertz CT molecular complexity index is 1020. The van der Waals surface area contributed by atoms with E-state index in [1.807, 2.05) is 59.5 Å². The Kier molecular flexibility index (Phi) is 7.62. The van der Waals surface area contributed by atoms with Crippen LogP contribution >= 0.6 is 0 Å². The summed E-state index contributed by atoms with van der Waals surface area (Å²) in [6, 6.07) is 17.1. The molecule has 2 aromatic rings. The third kappa shape index (κ3) is 5.14. The van der Waals surface area contributed by atoms with Crippen LogP contribution in [-0.2, 0) is 10.4 Å². The molecule has 2 fully saturated rings. The lowest BCUT2D eigenvalue weighted by Gasteiger charge is -2.44. The summed E-state index contributed by atoms with van der Waals surface area (Å²) in [5, 5.41) is 11.9. The summed E-state index contributed by atoms with van der Waals surface area (Å²) in [5.74, 6) is 0.459. The number of benzene rings is 2. The van der Waals surface area contributed by atoms with Crippen molar-refractivity contribution < 1.29 is 23.9 Å². The van der Waals surface area contributed by atoms with Crippen LogP contribution in [0.4, 0.5) is 0 Å². The standard InChI is InChI=1S/C29H39N2O4/c1-31(2,21-26(32)25-15-9-10-16-27(25)35-3)24-17-19-30(20-18-24)28(33)29(34,23-13-7-8-14-23)22-11-5-4-6-12-22/h4-6,9-12,15-16,23-24,34H,7-8,13-14,17-21H2,1-3H3/q+1. The lowest BCUT2D eigenvalue weighted by atomic mass is 9.78. The van der Waals surface area contributed by atoms with Crippen LogP contribution in [0.5, 0.6) is 5.75 Å². The van der Waals surface area contributed by atoms with Gasteiger partial charge in [0.15, 0.2) is 5.60 Å². The van der Waals surface area contributed by atoms with Gasteiger partial charge in [-0.15, -0.1) is 0 Å². The number of carbonyl (C=O) groups excluding carboxylic acids is 2. The van der Waals surface area contributed by atoms with Crippen molar-refractivity contribution in [2.45, 2.75) is 50.2 Å². The Morgan fingerprint density at radius 1 is 0.971 bits per heavy atom. The van der Waals surface area contributed by atoms with E-state index in [0.717, 1.165) is 38.5 Å². The summed E-state index contributed by atoms with van der Waals surface area (Å²) >= 11 is 0. The number of likely N-dealkylation sites (N-methyl/N-ethyl adjacent to an activating group) is 1. The van der Waals surface area contributed by atoms with Gasteiger partial charge in [0, 0.05) is 31.8 Å². The second-order valence-corrected chi connectivity index (χ2v) is 10.7. The van der Waals surface area contributed by atoms with E-state index in [0.29, 0.717) is 41.0 Å². The quantitative estimate of drug-likeness (QED) is 0.459. The summed E-state index contributed by atoms with van der Waals surface area (Å²) in [4.78, 5) is 28.7. The highest BCUT2D eigenvalue weighted by molar-refractivity contribution is 5.99. The van der Waals surface area contributed by atoms with Crippen LogP contribution in [0, 0.1) is 5.92 Å². The molecule has 1 N–H and O–H groups in total. The second kappa shape index (κ2) is 10.5. The number of amides is 1. The Labute approximate surface area is 209 Å². The van der Waals surface area contributed by atoms with Gasteiger partial charge in [-0.05, 0) is 30.5 Å². The lowest BCUT2D eigenvalue weighted by molar-refractivity contribution is -0.908. The Hall–Kier alpha value is -2.70. The highest BCUT2D eigenvalue weighted by Crippen LogP contribution is 2.42. The summed E-state index contributed by atoms with van der Waals surface area (Å²) in [6.07, 6.45) is 5.47. The maximum atomic E-state index is 13.8. The first-order valence-electron chi connectivity index (χ1n) is 12.8. The number of piperidine rings is 1. The van der Waals surface area contributed by atoms with Crippen LogP contribution in [0.15, 0.2) is 54.6 Å². The zero-order valence-corrected chi connectivity index (χ0v) is 21.3. The molecular weight excluding hydrogens is 440 g/mol. The molecule has 1 saturated carbocycles. The molecule has 6 heteroatoms. The van der Waals surface area contributed by atoms with Crippen molar-refractivity contribution in [1.82, 2.24) is 4.90 Å². The molecule has 0 aromatic heterocycles. The largest absolute Gasteiger partial charge is 0.496 e. The van der Waals surface area contributed by atoms with Crippen LogP contribution < -0.4 is 4.74 Å². The molecule has 2 aliphatic rings. The second-order valence-electron chi connectivity index (χ2n) is 10.7. The number of ether oxygens (including phenoxy) is 1. The molecule has 6 nitrogen and oxygen atoms in total. The molecule has 1 saturated heterocycles. The van der Waals surface area contributed by atoms with E-state index in [-0.39, 0.29) is 23.7 Å². The van der Waals surface area contributed by atoms with E-state index in [1.54, 1.807) is 7.11 Å². The minimum absolute atomic E-state index is 0.0409. The zero-order chi connectivity index (χ0) is 25.1. The predicted octanol–water partition coefficient (Wildman–Crippen LogP) is 4.02. The molecule has 4 rings (SSSR count). The molecule has 0 bridgehead atoms. The van der Waals surface area contributed by atoms with E-state index in [4.69, 9.17) is 4.74 Å². The van der Waals surface area contributed by atoms with E-state index in [1.165, 1.54) is 0 Å². The van der Waals surface area contributed by atoms with E-state index >= 15 is 0 Å². The molecule has 2 aromatic carbocycles. The third-order valence-electron chi connectivity index (χ3n) is 8.18. The predicted molar refractivity (Wildman–Crippen MR) is 136 cm³/mol. The van der Waals surface area contributed by atoms with Gasteiger partial charge in [0.1, 0.15) is 12.3 Å². The molecular formula is C29H39N2O4+. The number of aliphatic hydroxyl groups is 1. The number of ketones is 1. The van der Waals surface area contributed by atoms with Crippen molar-refractivity contribution in [2.24, 2.45) is 5.92 Å². The molecule has 1 heterocycles. The zero-order valence-electron chi connectivity index (χ0n) is 21.3. The molecule has 188 valence electrons. The number of hydrogen-bond donors (Lipinski definition) is 1. The fraction of sp³-hybridized carbons (Fsp3) is 0.517. The first-order valence-corrected chi connectivity index (χ1v) is 12.8. The van der Waals surface area contributed by atoms with Gasteiger partial charge < -0.3 is 19.2 Å². The number of likely N-dealkylation sites (tertiary alicyclic amines) is 1. The number of methoxy groups -OCH3 is 1. The summed E-state index contributed by atoms with van der Waals surface area (Å²) in [5.41, 5.74) is -0.148. The van der Waals surface area contributed by atoms with E-state index < -0.39 is 5.60 Å². The van der Waals surface area contributed by atoms with Gasteiger partial charge >= 0.3 is 0 Å². The average Bonchev–Trinajstić information content (AvgIpc) is 3.44. The SMILES string of the molecule is COc1ccccc1C(=O)C[N+](C)(C)C1CCN(C(=O)C(O)(c2ccccc2)C2CCCC2)CC1. The fourth-order valence-electron chi connectivity index (χ4n) is 6.04. The average molecular weight is 480 g/mol. The molecule has 1 unspecified atom stereocenters. The summed E-state index contributed by atoms with van der Waals surface area (Å²) in [7, 11) is 5.77. The monoisotopic (exact) mass is 479 g/mol. The van der Waals surface area contributed by atoms with Crippen molar-refractivity contribution in [3.05, 3.63) is 65.7 Å². The number of nitrogens with zero attached hydrogens (tertiary/aromatic N) is 2. The smallest absolute Gasteiger partial charge is 0.259 e. The molecule has 0 spiro atoms. The Morgan fingerprint density at radius 2 is 1.57 bits per heavy atom. The number of quaternary nitrogens is 1. The highest BCUT2D eigenvalue weighted by Gasteiger charge is 2.49. The first-order chi connectivity index (χ1) is 16.8. The van der Waals surface area contributed by atoms with Crippen LogP contribution in [0.2, 0.25) is 0 Å². The van der Waals surface area contributed by atoms with Gasteiger partial charge in [-0.1, -0.05) is 55.3 Å². The van der Waals surface area contributed by atoms with Crippen molar-refractivity contribution in [2.75, 3.05) is 40.8 Å². The Morgan fingerprint density at radius 3 is 2.20 bits per heavy atom. The maximum Gasteiger partial charge on any atom is 0.259 e. The minimum Gasteiger partial charge on any atom is -0.496 e. The van der Waals surface area contributed by atoms with Crippen molar-refractivity contribution in [3.63, 3.8) is 0 Å². The van der Waals surface area contributed by atoms with Crippen LogP contribution in [0.25, 0.3) is 0 Å². The van der Waals surface area contributed by atoms with Gasteiger partial charge in [0.05, 0.1) is 32.8 Å². The summed E-state index contributed by atoms with van der Waals surface area (Å²) in [6.45, 7) is 1.56. The molecule has 0 radical (unpaired) electrons. The highest BCUT2D eigenvalue weighted by atomic mass is 16.5. The van der Waals surface area contributed by atoms with E-state index in [9.17, 15) is 14.7 Å². The van der Waals surface area contributed by atoms with Crippen LogP contribution in [0.3, 0.4) is 0 Å². The molecule has 1 aliphatic carbocycles. The van der Waals surface area contributed by atoms with Gasteiger partial charge in [-0.25, -0.2) is 0 Å². The lowest BCUT2D eigenvalue weighted by Crippen LogP contribution is -2.59. The van der Waals surface area contributed by atoms with Gasteiger partial charge in [-0.3, -0.25) is 9.59 Å². The molecule has 35 heavy (non-hydrogen) atoms. The maximum absolute atomic E-state index is 13.8. The molecule has 1 amide bonds. The number of hydrogen-bond acceptors (Lipinski definition) is 4. The molecule has 1 atom stereocenters. The third-order valence-corrected chi connectivity index (χ3v) is 8.18. The van der Waals surface area contributed by atoms with Gasteiger partial charge in [-0.2, -0.15) is 0 Å². The van der Waals surface area contributed by atoms with Crippen molar-refractivity contribution in [3.8, 4) is 5.75 Å². The molecule has 1 aliphatic heterocycles. The Balaban J connectivity index is 1.44.